The van der Waals surface area contributed by atoms with Crippen molar-refractivity contribution in [3.8, 4) is 0 Å². The molecule has 120 valence electrons. The Morgan fingerprint density at radius 2 is 2.05 bits per heavy atom. The van der Waals surface area contributed by atoms with Crippen molar-refractivity contribution < 1.29 is 8.42 Å². The Labute approximate surface area is 127 Å². The Morgan fingerprint density at radius 3 is 2.57 bits per heavy atom. The second-order valence-electron chi connectivity index (χ2n) is 6.11. The highest BCUT2D eigenvalue weighted by Gasteiger charge is 2.27. The molecule has 6 nitrogen and oxygen atoms in total. The van der Waals surface area contributed by atoms with E-state index in [1.54, 1.807) is 6.92 Å². The van der Waals surface area contributed by atoms with Gasteiger partial charge in [-0.3, -0.25) is 0 Å². The lowest BCUT2D eigenvalue weighted by Gasteiger charge is -2.34. The molecule has 0 unspecified atom stereocenters. The van der Waals surface area contributed by atoms with Crippen LogP contribution in [-0.2, 0) is 10.0 Å². The summed E-state index contributed by atoms with van der Waals surface area (Å²) in [6.07, 6.45) is 7.54. The van der Waals surface area contributed by atoms with Gasteiger partial charge in [0.15, 0.2) is 5.03 Å². The first-order valence-corrected chi connectivity index (χ1v) is 9.06. The molecule has 0 amide bonds. The van der Waals surface area contributed by atoms with E-state index in [1.165, 1.54) is 38.3 Å². The third-order valence-corrected chi connectivity index (χ3v) is 5.64. The van der Waals surface area contributed by atoms with Gasteiger partial charge in [0.2, 0.25) is 0 Å². The Hall–Kier alpha value is -0.920. The number of rotatable bonds is 6. The molecule has 2 rings (SSSR count). The summed E-state index contributed by atoms with van der Waals surface area (Å²) in [7, 11) is 0.542. The van der Waals surface area contributed by atoms with Gasteiger partial charge in [0.1, 0.15) is 5.82 Å². The number of aromatic amines is 1. The van der Waals surface area contributed by atoms with Crippen LogP contribution in [-0.4, -0.2) is 50.0 Å². The minimum atomic E-state index is -3.50. The van der Waals surface area contributed by atoms with Gasteiger partial charge in [-0.05, 0) is 39.8 Å². The molecule has 1 aromatic heterocycles. The lowest BCUT2D eigenvalue weighted by atomic mass is 9.83. The van der Waals surface area contributed by atoms with E-state index in [0.29, 0.717) is 18.3 Å². The maximum Gasteiger partial charge on any atom is 0.257 e. The van der Waals surface area contributed by atoms with Crippen LogP contribution >= 0.6 is 0 Å². The topological polar surface area (TPSA) is 78.1 Å². The first-order valence-electron chi connectivity index (χ1n) is 7.58. The summed E-state index contributed by atoms with van der Waals surface area (Å²) in [6.45, 7) is 2.18. The number of likely N-dealkylation sites (N-methyl/N-ethyl adjacent to an activating group) is 1. The van der Waals surface area contributed by atoms with Crippen molar-refractivity contribution in [3.05, 3.63) is 12.0 Å². The van der Waals surface area contributed by atoms with Crippen LogP contribution in [0.15, 0.2) is 11.2 Å². The monoisotopic (exact) mass is 314 g/mol. The van der Waals surface area contributed by atoms with Gasteiger partial charge >= 0.3 is 0 Å². The highest BCUT2D eigenvalue weighted by molar-refractivity contribution is 7.89. The van der Waals surface area contributed by atoms with Gasteiger partial charge in [0.05, 0.1) is 6.20 Å². The molecular weight excluding hydrogens is 288 g/mol. The Bertz CT molecular complexity index is 547. The van der Waals surface area contributed by atoms with Gasteiger partial charge in [-0.15, -0.1) is 0 Å². The smallest absolute Gasteiger partial charge is 0.257 e. The standard InChI is InChI=1S/C14H26N4O2S/c1-11-15-10-14(17-11)21(19,20)16-9-13(18(2)3)12-7-5-4-6-8-12/h10,12-13,16H,4-9H2,1-3H3,(H,15,17)/t13-/m0/s1. The molecule has 1 saturated carbocycles. The number of H-pyrrole nitrogens is 1. The minimum absolute atomic E-state index is 0.140. The molecule has 0 bridgehead atoms. The van der Waals surface area contributed by atoms with Crippen molar-refractivity contribution in [2.45, 2.75) is 50.1 Å². The van der Waals surface area contributed by atoms with E-state index in [4.69, 9.17) is 0 Å². The van der Waals surface area contributed by atoms with Crippen LogP contribution in [0.4, 0.5) is 0 Å². The molecule has 1 aliphatic rings. The van der Waals surface area contributed by atoms with Crippen molar-refractivity contribution >= 4 is 10.0 Å². The van der Waals surface area contributed by atoms with E-state index in [9.17, 15) is 8.42 Å². The van der Waals surface area contributed by atoms with E-state index in [-0.39, 0.29) is 11.1 Å². The number of nitrogens with zero attached hydrogens (tertiary/aromatic N) is 2. The number of aryl methyl sites for hydroxylation is 1. The fourth-order valence-electron chi connectivity index (χ4n) is 3.10. The fraction of sp³-hybridized carbons (Fsp3) is 0.786. The quantitative estimate of drug-likeness (QED) is 0.834. The van der Waals surface area contributed by atoms with Crippen LogP contribution in [0.25, 0.3) is 0 Å². The van der Waals surface area contributed by atoms with Crippen LogP contribution in [0, 0.1) is 12.8 Å². The van der Waals surface area contributed by atoms with Crippen LogP contribution in [0.1, 0.15) is 37.9 Å². The lowest BCUT2D eigenvalue weighted by Crippen LogP contribution is -2.45. The molecule has 1 aromatic rings. The second-order valence-corrected chi connectivity index (χ2v) is 7.85. The summed E-state index contributed by atoms with van der Waals surface area (Å²) in [6, 6.07) is 0.240. The van der Waals surface area contributed by atoms with E-state index >= 15 is 0 Å². The van der Waals surface area contributed by atoms with Crippen molar-refractivity contribution in [2.75, 3.05) is 20.6 Å². The van der Waals surface area contributed by atoms with Crippen molar-refractivity contribution in [2.24, 2.45) is 5.92 Å². The molecule has 1 atom stereocenters. The predicted octanol–water partition coefficient (Wildman–Crippen LogP) is 1.51. The van der Waals surface area contributed by atoms with Gasteiger partial charge in [0, 0.05) is 12.6 Å². The molecule has 0 saturated heterocycles. The molecule has 7 heteroatoms. The Kier molecular flexibility index (Phi) is 5.40. The van der Waals surface area contributed by atoms with Gasteiger partial charge in [-0.25, -0.2) is 18.1 Å². The lowest BCUT2D eigenvalue weighted by molar-refractivity contribution is 0.172. The Balaban J connectivity index is 2.01. The number of sulfonamides is 1. The maximum absolute atomic E-state index is 12.3. The van der Waals surface area contributed by atoms with E-state index < -0.39 is 10.0 Å². The first kappa shape index (κ1) is 16.5. The largest absolute Gasteiger partial charge is 0.332 e. The molecule has 2 N–H and O–H groups in total. The van der Waals surface area contributed by atoms with Crippen LogP contribution in [0.3, 0.4) is 0 Å². The predicted molar refractivity (Wildman–Crippen MR) is 82.6 cm³/mol. The average molecular weight is 314 g/mol. The molecular formula is C14H26N4O2S. The van der Waals surface area contributed by atoms with Crippen LogP contribution in [0.2, 0.25) is 0 Å². The maximum atomic E-state index is 12.3. The molecule has 0 spiro atoms. The van der Waals surface area contributed by atoms with E-state index in [2.05, 4.69) is 19.6 Å². The van der Waals surface area contributed by atoms with Gasteiger partial charge in [-0.1, -0.05) is 19.3 Å². The summed E-state index contributed by atoms with van der Waals surface area (Å²) in [5, 5.41) is 0.140. The zero-order valence-corrected chi connectivity index (χ0v) is 13.9. The molecule has 0 aromatic carbocycles. The second kappa shape index (κ2) is 6.89. The summed E-state index contributed by atoms with van der Waals surface area (Å²) in [5.41, 5.74) is 0. The van der Waals surface area contributed by atoms with Gasteiger partial charge in [0.25, 0.3) is 10.0 Å². The molecule has 1 heterocycles. The highest BCUT2D eigenvalue weighted by atomic mass is 32.2. The number of aromatic nitrogens is 2. The van der Waals surface area contributed by atoms with Crippen LogP contribution < -0.4 is 4.72 Å². The molecule has 21 heavy (non-hydrogen) atoms. The Morgan fingerprint density at radius 1 is 1.38 bits per heavy atom. The van der Waals surface area contributed by atoms with Crippen molar-refractivity contribution in [3.63, 3.8) is 0 Å². The number of hydrogen-bond donors (Lipinski definition) is 2. The van der Waals surface area contributed by atoms with Gasteiger partial charge < -0.3 is 9.88 Å². The minimum Gasteiger partial charge on any atom is -0.332 e. The molecule has 0 radical (unpaired) electrons. The summed E-state index contributed by atoms with van der Waals surface area (Å²) in [5.74, 6) is 1.17. The molecule has 1 aliphatic carbocycles. The summed E-state index contributed by atoms with van der Waals surface area (Å²) >= 11 is 0. The zero-order chi connectivity index (χ0) is 15.5. The van der Waals surface area contributed by atoms with Crippen LogP contribution in [0.5, 0.6) is 0 Å². The fourth-order valence-corrected chi connectivity index (χ4v) is 4.12. The van der Waals surface area contributed by atoms with E-state index in [1.807, 2.05) is 14.1 Å². The normalized spacial score (nSPS) is 19.0. The summed E-state index contributed by atoms with van der Waals surface area (Å²) in [4.78, 5) is 8.86. The highest BCUT2D eigenvalue weighted by Crippen LogP contribution is 2.28. The molecule has 1 fully saturated rings. The number of hydrogen-bond acceptors (Lipinski definition) is 4. The number of imidazole rings is 1. The van der Waals surface area contributed by atoms with E-state index in [0.717, 1.165) is 0 Å². The third kappa shape index (κ3) is 4.28. The zero-order valence-electron chi connectivity index (χ0n) is 13.1. The van der Waals surface area contributed by atoms with Crippen molar-refractivity contribution in [1.82, 2.24) is 19.6 Å². The van der Waals surface area contributed by atoms with Crippen molar-refractivity contribution in [1.29, 1.82) is 0 Å². The molecule has 0 aliphatic heterocycles. The van der Waals surface area contributed by atoms with Gasteiger partial charge in [-0.2, -0.15) is 0 Å². The average Bonchev–Trinajstić information content (AvgIpc) is 2.87. The third-order valence-electron chi connectivity index (χ3n) is 4.31. The first-order chi connectivity index (χ1) is 9.90. The SMILES string of the molecule is Cc1ncc(S(=O)(=O)NC[C@@H](C2CCCCC2)N(C)C)[nH]1. The summed E-state index contributed by atoms with van der Waals surface area (Å²) < 4.78 is 27.2. The number of nitrogens with one attached hydrogen (secondary N) is 2.